The Morgan fingerprint density at radius 1 is 1.24 bits per heavy atom. The number of benzene rings is 1. The van der Waals surface area contributed by atoms with Crippen LogP contribution in [0.3, 0.4) is 0 Å². The molecule has 0 N–H and O–H groups in total. The average Bonchev–Trinajstić information content (AvgIpc) is 2.27. The molecule has 4 heteroatoms. The second kappa shape index (κ2) is 5.77. The zero-order valence-corrected chi connectivity index (χ0v) is 11.5. The molecule has 0 aliphatic carbocycles. The van der Waals surface area contributed by atoms with Gasteiger partial charge in [0.25, 0.3) is 0 Å². The summed E-state index contributed by atoms with van der Waals surface area (Å²) < 4.78 is 5.19. The van der Waals surface area contributed by atoms with E-state index in [2.05, 4.69) is 19.6 Å². The van der Waals surface area contributed by atoms with E-state index in [-0.39, 0.29) is 5.97 Å². The molecular weight excluding hydrogens is 232 g/mol. The number of ether oxygens (including phenoxy) is 1. The van der Waals surface area contributed by atoms with Crippen LogP contribution >= 0.6 is 0 Å². The highest BCUT2D eigenvalue weighted by atomic mass is 28.3. The first-order chi connectivity index (χ1) is 7.92. The van der Waals surface area contributed by atoms with Crippen LogP contribution in [0.5, 0.6) is 0 Å². The van der Waals surface area contributed by atoms with E-state index >= 15 is 0 Å². The number of aldehydes is 1. The second-order valence-electron chi connectivity index (χ2n) is 5.19. The van der Waals surface area contributed by atoms with E-state index < -0.39 is 8.07 Å². The summed E-state index contributed by atoms with van der Waals surface area (Å²) in [5.41, 5.74) is 1.05. The van der Waals surface area contributed by atoms with Crippen LogP contribution in [0.25, 0.3) is 0 Å². The molecule has 0 spiro atoms. The van der Waals surface area contributed by atoms with Crippen LogP contribution in [0.4, 0.5) is 0 Å². The van der Waals surface area contributed by atoms with Crippen LogP contribution in [0.2, 0.25) is 25.7 Å². The predicted octanol–water partition coefficient (Wildman–Crippen LogP) is 2.99. The van der Waals surface area contributed by atoms with Gasteiger partial charge in [0.2, 0.25) is 0 Å². The van der Waals surface area contributed by atoms with Gasteiger partial charge in [0, 0.05) is 13.6 Å². The van der Waals surface area contributed by atoms with Gasteiger partial charge in [0.05, 0.1) is 12.2 Å². The van der Waals surface area contributed by atoms with Crippen molar-refractivity contribution in [2.45, 2.75) is 25.7 Å². The van der Waals surface area contributed by atoms with E-state index in [1.165, 1.54) is 0 Å². The van der Waals surface area contributed by atoms with E-state index in [4.69, 9.17) is 4.74 Å². The highest BCUT2D eigenvalue weighted by Gasteiger charge is 2.14. The van der Waals surface area contributed by atoms with Crippen molar-refractivity contribution in [3.63, 3.8) is 0 Å². The number of carbonyl (C=O) groups is 2. The number of hydrogen-bond donors (Lipinski definition) is 0. The van der Waals surface area contributed by atoms with Crippen molar-refractivity contribution in [3.8, 4) is 0 Å². The van der Waals surface area contributed by atoms with Crippen molar-refractivity contribution >= 4 is 20.3 Å². The average molecular weight is 250 g/mol. The summed E-state index contributed by atoms with van der Waals surface area (Å²) in [6, 6.07) is 7.41. The smallest absolute Gasteiger partial charge is 0.338 e. The Labute approximate surface area is 103 Å². The molecule has 0 amide bonds. The van der Waals surface area contributed by atoms with Gasteiger partial charge in [-0.1, -0.05) is 31.8 Å². The third kappa shape index (κ3) is 4.95. The molecular formula is C13H18O3Si. The van der Waals surface area contributed by atoms with E-state index in [0.717, 1.165) is 12.3 Å². The molecule has 0 atom stereocenters. The van der Waals surface area contributed by atoms with E-state index in [9.17, 15) is 9.59 Å². The fourth-order valence-electron chi connectivity index (χ4n) is 1.23. The summed E-state index contributed by atoms with van der Waals surface area (Å²) in [6.07, 6.45) is 0.750. The third-order valence-electron chi connectivity index (χ3n) is 2.37. The van der Waals surface area contributed by atoms with Gasteiger partial charge in [0.15, 0.2) is 0 Å². The number of esters is 1. The Balaban J connectivity index is 2.49. The van der Waals surface area contributed by atoms with Crippen molar-refractivity contribution in [1.29, 1.82) is 0 Å². The number of hydrogen-bond acceptors (Lipinski definition) is 3. The molecule has 0 aliphatic rings. The number of carbonyl (C=O) groups excluding carboxylic acids is 2. The summed E-state index contributed by atoms with van der Waals surface area (Å²) in [4.78, 5) is 22.1. The van der Waals surface area contributed by atoms with Gasteiger partial charge in [-0.2, -0.15) is 0 Å². The van der Waals surface area contributed by atoms with Crippen LogP contribution in [0.15, 0.2) is 24.3 Å². The van der Waals surface area contributed by atoms with Crippen molar-refractivity contribution in [2.24, 2.45) is 0 Å². The molecule has 0 bridgehead atoms. The van der Waals surface area contributed by atoms with E-state index in [1.807, 2.05) is 0 Å². The van der Waals surface area contributed by atoms with Crippen molar-refractivity contribution in [3.05, 3.63) is 35.4 Å². The number of rotatable bonds is 5. The minimum Gasteiger partial charge on any atom is -0.462 e. The predicted molar refractivity (Wildman–Crippen MR) is 70.3 cm³/mol. The summed E-state index contributed by atoms with van der Waals surface area (Å²) in [5, 5.41) is 0. The molecule has 1 aromatic rings. The van der Waals surface area contributed by atoms with Crippen molar-refractivity contribution < 1.29 is 14.3 Å². The lowest BCUT2D eigenvalue weighted by atomic mass is 10.1. The fourth-order valence-corrected chi connectivity index (χ4v) is 1.95. The van der Waals surface area contributed by atoms with Crippen LogP contribution in [0.1, 0.15) is 20.7 Å². The van der Waals surface area contributed by atoms with Crippen molar-refractivity contribution in [2.75, 3.05) is 6.61 Å². The minimum atomic E-state index is -1.16. The maximum Gasteiger partial charge on any atom is 0.338 e. The first kappa shape index (κ1) is 13.6. The summed E-state index contributed by atoms with van der Waals surface area (Å²) >= 11 is 0. The molecule has 0 saturated carbocycles. The normalized spacial score (nSPS) is 11.0. The highest BCUT2D eigenvalue weighted by molar-refractivity contribution is 6.76. The van der Waals surface area contributed by atoms with Gasteiger partial charge in [-0.25, -0.2) is 4.79 Å². The van der Waals surface area contributed by atoms with Crippen LogP contribution in [0, 0.1) is 0 Å². The largest absolute Gasteiger partial charge is 0.462 e. The molecule has 17 heavy (non-hydrogen) atoms. The van der Waals surface area contributed by atoms with Gasteiger partial charge < -0.3 is 4.74 Å². The van der Waals surface area contributed by atoms with Crippen LogP contribution in [-0.4, -0.2) is 26.9 Å². The molecule has 92 valence electrons. The zero-order chi connectivity index (χ0) is 12.9. The Hall–Kier alpha value is -1.42. The molecule has 0 saturated heterocycles. The molecule has 0 heterocycles. The quantitative estimate of drug-likeness (QED) is 0.458. The highest BCUT2D eigenvalue weighted by Crippen LogP contribution is 2.09. The zero-order valence-electron chi connectivity index (χ0n) is 10.5. The van der Waals surface area contributed by atoms with E-state index in [1.54, 1.807) is 24.3 Å². The van der Waals surface area contributed by atoms with Crippen LogP contribution in [-0.2, 0) is 4.74 Å². The molecule has 0 aliphatic heterocycles. The summed E-state index contributed by atoms with van der Waals surface area (Å²) in [7, 11) is -1.16. The molecule has 0 unspecified atom stereocenters. The topological polar surface area (TPSA) is 43.4 Å². The Morgan fingerprint density at radius 2 is 1.82 bits per heavy atom. The molecule has 0 aromatic heterocycles. The SMILES string of the molecule is C[Si](C)(C)CCOC(=O)c1ccc(C=O)cc1. The lowest BCUT2D eigenvalue weighted by Crippen LogP contribution is -2.22. The fraction of sp³-hybridized carbons (Fsp3) is 0.385. The Kier molecular flexibility index (Phi) is 4.63. The molecule has 3 nitrogen and oxygen atoms in total. The summed E-state index contributed by atoms with van der Waals surface area (Å²) in [5.74, 6) is -0.319. The maximum atomic E-state index is 11.6. The molecule has 1 rings (SSSR count). The van der Waals surface area contributed by atoms with Gasteiger partial charge in [-0.3, -0.25) is 4.79 Å². The van der Waals surface area contributed by atoms with Gasteiger partial charge >= 0.3 is 5.97 Å². The lowest BCUT2D eigenvalue weighted by Gasteiger charge is -2.15. The first-order valence-corrected chi connectivity index (χ1v) is 9.35. The standard InChI is InChI=1S/C13H18O3Si/c1-17(2,3)9-8-16-13(15)12-6-4-11(10-14)5-7-12/h4-7,10H,8-9H2,1-3H3. The Morgan fingerprint density at radius 3 is 2.29 bits per heavy atom. The maximum absolute atomic E-state index is 11.6. The van der Waals surface area contributed by atoms with Crippen LogP contribution < -0.4 is 0 Å². The Bertz CT molecular complexity index is 390. The monoisotopic (exact) mass is 250 g/mol. The summed E-state index contributed by atoms with van der Waals surface area (Å²) in [6.45, 7) is 7.18. The van der Waals surface area contributed by atoms with Gasteiger partial charge in [-0.05, 0) is 18.2 Å². The van der Waals surface area contributed by atoms with E-state index in [0.29, 0.717) is 17.7 Å². The first-order valence-electron chi connectivity index (χ1n) is 5.65. The third-order valence-corrected chi connectivity index (χ3v) is 4.07. The van der Waals surface area contributed by atoms with Gasteiger partial charge in [-0.15, -0.1) is 0 Å². The molecule has 1 aromatic carbocycles. The molecule has 0 radical (unpaired) electrons. The second-order valence-corrected chi connectivity index (χ2v) is 10.8. The van der Waals surface area contributed by atoms with Crippen molar-refractivity contribution in [1.82, 2.24) is 0 Å². The molecule has 0 fully saturated rings. The minimum absolute atomic E-state index is 0.319. The van der Waals surface area contributed by atoms with Gasteiger partial charge in [0.1, 0.15) is 6.29 Å². The lowest BCUT2D eigenvalue weighted by molar-refractivity contribution is 0.0525.